The van der Waals surface area contributed by atoms with E-state index in [1.807, 2.05) is 54.6 Å². The Morgan fingerprint density at radius 3 is 2.50 bits per heavy atom. The van der Waals surface area contributed by atoms with Crippen LogP contribution in [0.25, 0.3) is 10.8 Å². The number of methoxy groups -OCH3 is 1. The van der Waals surface area contributed by atoms with Gasteiger partial charge in [0.25, 0.3) is 5.91 Å². The molecule has 5 aromatic rings. The fraction of sp³-hybridized carbons (Fsp3) is 0.263. The second kappa shape index (κ2) is 12.0. The van der Waals surface area contributed by atoms with Crippen molar-refractivity contribution in [3.8, 4) is 11.5 Å². The molecule has 7 atom stereocenters. The second-order valence-corrected chi connectivity index (χ2v) is 15.9. The van der Waals surface area contributed by atoms with Gasteiger partial charge in [-0.1, -0.05) is 65.4 Å². The van der Waals surface area contributed by atoms with Crippen LogP contribution in [0.2, 0.25) is 5.02 Å². The third kappa shape index (κ3) is 4.89. The Labute approximate surface area is 299 Å². The topological polar surface area (TPSA) is 118 Å². The van der Waals surface area contributed by atoms with Gasteiger partial charge in [0.2, 0.25) is 11.8 Å². The number of halogens is 1. The summed E-state index contributed by atoms with van der Waals surface area (Å²) in [6.45, 7) is -0.222. The molecule has 2 aliphatic carbocycles. The van der Waals surface area contributed by atoms with Gasteiger partial charge in [0, 0.05) is 32.1 Å². The summed E-state index contributed by atoms with van der Waals surface area (Å²) in [6.07, 6.45) is 0.781. The minimum absolute atomic E-state index is 0.00227. The van der Waals surface area contributed by atoms with Crippen LogP contribution in [0.4, 0.5) is 11.4 Å². The summed E-state index contributed by atoms with van der Waals surface area (Å²) in [5.41, 5.74) is 2.17. The van der Waals surface area contributed by atoms with Gasteiger partial charge in [0.1, 0.15) is 0 Å². The van der Waals surface area contributed by atoms with Crippen LogP contribution in [0.1, 0.15) is 22.8 Å². The van der Waals surface area contributed by atoms with Gasteiger partial charge in [-0.2, -0.15) is 0 Å². The largest absolute Gasteiger partial charge is 0.493 e. The van der Waals surface area contributed by atoms with Gasteiger partial charge in [-0.3, -0.25) is 24.1 Å². The molecule has 252 valence electrons. The summed E-state index contributed by atoms with van der Waals surface area (Å²) < 4.78 is 11.8. The van der Waals surface area contributed by atoms with E-state index in [1.165, 1.54) is 16.2 Å². The van der Waals surface area contributed by atoms with Crippen LogP contribution in [0.15, 0.2) is 94.7 Å². The predicted molar refractivity (Wildman–Crippen MR) is 194 cm³/mol. The minimum atomic E-state index is -0.422. The van der Waals surface area contributed by atoms with Crippen molar-refractivity contribution in [2.24, 2.45) is 29.6 Å². The molecule has 4 aliphatic rings. The first-order valence-corrected chi connectivity index (χ1v) is 18.5. The van der Waals surface area contributed by atoms with Crippen LogP contribution < -0.4 is 24.6 Å². The molecule has 50 heavy (non-hydrogen) atoms. The highest BCUT2D eigenvalue weighted by Gasteiger charge is 2.69. The number of H-pyrrole nitrogens is 1. The highest BCUT2D eigenvalue weighted by Crippen LogP contribution is 2.68. The maximum Gasteiger partial charge on any atom is 0.305 e. The maximum atomic E-state index is 14.0. The third-order valence-corrected chi connectivity index (χ3v) is 13.6. The number of rotatable bonds is 7. The molecule has 2 aliphatic heterocycles. The number of nitrogens with zero attached hydrogens (tertiary/aromatic N) is 1. The Kier molecular flexibility index (Phi) is 7.56. The molecule has 1 aromatic heterocycles. The number of carbonyl (C=O) groups is 3. The normalized spacial score (nSPS) is 26.1. The fourth-order valence-electron chi connectivity index (χ4n) is 8.90. The molecular formula is C38H30ClN3O6S2. The molecule has 12 heteroatoms. The van der Waals surface area contributed by atoms with Crippen LogP contribution in [0, 0.1) is 29.6 Å². The number of nitrogens with one attached hydrogen (secondary N) is 2. The van der Waals surface area contributed by atoms with Crippen LogP contribution in [0.5, 0.6) is 11.5 Å². The number of hydrogen-bond donors (Lipinski definition) is 2. The standard InChI is InChI=1S/C38H30ClN3O6S2/c1-47-27-15-19(9-14-26(27)48-17-28(43)40-25-8-4-6-18-5-2-3-7-22(18)25)29-30-23-16-24(33(30)49-35-34(29)50-38(46)41-35)32-31(23)36(44)42(37(32)45)21-12-10-20(39)11-13-21/h2-15,23-24,29-33H,16-17H2,1H3,(H,40,43)(H,41,46)/t23-,24-,29-,30?,31?,32?,33?/m1/s1. The van der Waals surface area contributed by atoms with Crippen LogP contribution in [-0.4, -0.2) is 41.7 Å². The summed E-state index contributed by atoms with van der Waals surface area (Å²) in [7, 11) is 1.55. The molecule has 2 bridgehead atoms. The number of thioether (sulfide) groups is 1. The highest BCUT2D eigenvalue weighted by atomic mass is 35.5. The lowest BCUT2D eigenvalue weighted by Gasteiger charge is -2.43. The van der Waals surface area contributed by atoms with E-state index in [-0.39, 0.29) is 58.1 Å². The van der Waals surface area contributed by atoms with E-state index in [0.717, 1.165) is 32.7 Å². The highest BCUT2D eigenvalue weighted by molar-refractivity contribution is 8.00. The lowest BCUT2D eigenvalue weighted by molar-refractivity contribution is -0.123. The number of imide groups is 1. The number of carbonyl (C=O) groups excluding carboxylic acids is 3. The van der Waals surface area contributed by atoms with E-state index < -0.39 is 11.8 Å². The van der Waals surface area contributed by atoms with Crippen molar-refractivity contribution >= 4 is 74.6 Å². The predicted octanol–water partition coefficient (Wildman–Crippen LogP) is 6.95. The van der Waals surface area contributed by atoms with E-state index >= 15 is 0 Å². The average molecular weight is 724 g/mol. The zero-order valence-corrected chi connectivity index (χ0v) is 29.0. The SMILES string of the molecule is COc1cc([C@H]2c3sc(=O)[nH]c3SC3C2[C@H]2C[C@@H]3C3C(=O)N(c4ccc(Cl)cc4)C(=O)C32)ccc1OCC(=O)Nc1cccc2ccccc12. The van der Waals surface area contributed by atoms with Crippen LogP contribution >= 0.6 is 34.7 Å². The van der Waals surface area contributed by atoms with E-state index in [0.29, 0.717) is 27.9 Å². The fourth-order valence-corrected chi connectivity index (χ4v) is 11.9. The molecule has 0 spiro atoms. The maximum absolute atomic E-state index is 14.0. The Morgan fingerprint density at radius 2 is 1.70 bits per heavy atom. The molecule has 9 rings (SSSR count). The number of ether oxygens (including phenoxy) is 2. The molecule has 3 fully saturated rings. The van der Waals surface area contributed by atoms with Crippen molar-refractivity contribution in [2.45, 2.75) is 22.6 Å². The number of anilines is 2. The van der Waals surface area contributed by atoms with E-state index in [4.69, 9.17) is 21.1 Å². The Morgan fingerprint density at radius 1 is 0.940 bits per heavy atom. The molecule has 4 unspecified atom stereocenters. The number of benzene rings is 4. The summed E-state index contributed by atoms with van der Waals surface area (Å²) >= 11 is 8.94. The molecule has 2 N–H and O–H groups in total. The minimum Gasteiger partial charge on any atom is -0.493 e. The number of hydrogen-bond acceptors (Lipinski definition) is 8. The lowest BCUT2D eigenvalue weighted by atomic mass is 9.68. The van der Waals surface area contributed by atoms with E-state index in [2.05, 4.69) is 10.3 Å². The van der Waals surface area contributed by atoms with Crippen LogP contribution in [-0.2, 0) is 14.4 Å². The Hall–Kier alpha value is -4.58. The molecule has 3 heterocycles. The Balaban J connectivity index is 1.00. The zero-order chi connectivity index (χ0) is 34.3. The van der Waals surface area contributed by atoms with Crippen molar-refractivity contribution in [1.82, 2.24) is 4.98 Å². The first-order chi connectivity index (χ1) is 24.3. The number of amides is 3. The lowest BCUT2D eigenvalue weighted by Crippen LogP contribution is -2.42. The summed E-state index contributed by atoms with van der Waals surface area (Å²) in [5.74, 6) is -0.764. The monoisotopic (exact) mass is 723 g/mol. The molecule has 2 saturated carbocycles. The van der Waals surface area contributed by atoms with Gasteiger partial charge < -0.3 is 19.8 Å². The first-order valence-electron chi connectivity index (χ1n) is 16.4. The van der Waals surface area contributed by atoms with E-state index in [1.54, 1.807) is 49.2 Å². The second-order valence-electron chi connectivity index (χ2n) is 13.2. The van der Waals surface area contributed by atoms with Crippen molar-refractivity contribution in [3.63, 3.8) is 0 Å². The van der Waals surface area contributed by atoms with Crippen molar-refractivity contribution in [1.29, 1.82) is 0 Å². The number of fused-ring (bicyclic) bond motifs is 10. The molecule has 1 saturated heterocycles. The van der Waals surface area contributed by atoms with Gasteiger partial charge >= 0.3 is 4.87 Å². The summed E-state index contributed by atoms with van der Waals surface area (Å²) in [6, 6.07) is 26.1. The summed E-state index contributed by atoms with van der Waals surface area (Å²) in [4.78, 5) is 58.8. The van der Waals surface area contributed by atoms with Gasteiger partial charge in [-0.15, -0.1) is 11.8 Å². The van der Waals surface area contributed by atoms with Crippen molar-refractivity contribution in [3.05, 3.63) is 110 Å². The third-order valence-electron chi connectivity index (χ3n) is 10.8. The first kappa shape index (κ1) is 31.4. The van der Waals surface area contributed by atoms with Gasteiger partial charge in [-0.05, 0) is 77.6 Å². The molecule has 3 amide bonds. The smallest absolute Gasteiger partial charge is 0.305 e. The molecule has 0 radical (unpaired) electrons. The quantitative estimate of drug-likeness (QED) is 0.175. The van der Waals surface area contributed by atoms with Crippen molar-refractivity contribution in [2.75, 3.05) is 23.9 Å². The number of aromatic amines is 1. The summed E-state index contributed by atoms with van der Waals surface area (Å²) in [5, 5.41) is 6.32. The molecule has 9 nitrogen and oxygen atoms in total. The number of aromatic nitrogens is 1. The van der Waals surface area contributed by atoms with Crippen molar-refractivity contribution < 1.29 is 23.9 Å². The van der Waals surface area contributed by atoms with Gasteiger partial charge in [-0.25, -0.2) is 0 Å². The number of thiazole rings is 1. The molecule has 4 aromatic carbocycles. The average Bonchev–Trinajstić information content (AvgIpc) is 3.86. The zero-order valence-electron chi connectivity index (χ0n) is 26.6. The van der Waals surface area contributed by atoms with Gasteiger partial charge in [0.15, 0.2) is 18.1 Å². The Bertz CT molecular complexity index is 2270. The molecular weight excluding hydrogens is 694 g/mol. The van der Waals surface area contributed by atoms with Crippen LogP contribution in [0.3, 0.4) is 0 Å². The van der Waals surface area contributed by atoms with Gasteiger partial charge in [0.05, 0.1) is 29.7 Å². The van der Waals surface area contributed by atoms with E-state index in [9.17, 15) is 19.2 Å².